The maximum absolute atomic E-state index is 12.9. The summed E-state index contributed by atoms with van der Waals surface area (Å²) in [6.45, 7) is 3.46. The van der Waals surface area contributed by atoms with Gasteiger partial charge in [-0.1, -0.05) is 0 Å². The number of amides is 2. The minimum atomic E-state index is -4.86. The highest BCUT2D eigenvalue weighted by Crippen LogP contribution is 2.26. The SMILES string of the molecule is CCOC(=O)N1CCC(C(=O)N2CCN(S(=O)(=O)c3ccc(OC(F)(F)F)cc3)CC2)CC1. The highest BCUT2D eigenvalue weighted by molar-refractivity contribution is 7.89. The Hall–Kier alpha value is -2.54. The van der Waals surface area contributed by atoms with E-state index >= 15 is 0 Å². The number of alkyl halides is 3. The van der Waals surface area contributed by atoms with Crippen molar-refractivity contribution >= 4 is 22.0 Å². The molecular formula is C20H26F3N3O6S. The summed E-state index contributed by atoms with van der Waals surface area (Å²) < 4.78 is 72.5. The molecule has 13 heteroatoms. The summed E-state index contributed by atoms with van der Waals surface area (Å²) >= 11 is 0. The normalized spacial score (nSPS) is 18.8. The fourth-order valence-corrected chi connectivity index (χ4v) is 5.32. The zero-order chi connectivity index (χ0) is 24.2. The summed E-state index contributed by atoms with van der Waals surface area (Å²) in [5, 5.41) is 0. The van der Waals surface area contributed by atoms with Crippen molar-refractivity contribution in [2.75, 3.05) is 45.9 Å². The monoisotopic (exact) mass is 493 g/mol. The van der Waals surface area contributed by atoms with Crippen LogP contribution in [0.4, 0.5) is 18.0 Å². The maximum atomic E-state index is 12.9. The van der Waals surface area contributed by atoms with Crippen molar-refractivity contribution in [3.63, 3.8) is 0 Å². The molecule has 0 spiro atoms. The van der Waals surface area contributed by atoms with Crippen LogP contribution in [-0.2, 0) is 19.6 Å². The van der Waals surface area contributed by atoms with E-state index in [0.29, 0.717) is 25.9 Å². The topological polar surface area (TPSA) is 96.5 Å². The molecule has 0 radical (unpaired) electrons. The van der Waals surface area contributed by atoms with Crippen LogP contribution in [0.3, 0.4) is 0 Å². The molecule has 2 heterocycles. The van der Waals surface area contributed by atoms with Crippen molar-refractivity contribution in [1.82, 2.24) is 14.1 Å². The largest absolute Gasteiger partial charge is 0.573 e. The number of hydrogen-bond acceptors (Lipinski definition) is 6. The second-order valence-corrected chi connectivity index (χ2v) is 9.65. The van der Waals surface area contributed by atoms with E-state index in [1.165, 1.54) is 4.31 Å². The molecule has 2 amide bonds. The Kier molecular flexibility index (Phi) is 7.73. The average Bonchev–Trinajstić information content (AvgIpc) is 2.78. The van der Waals surface area contributed by atoms with E-state index < -0.39 is 22.1 Å². The van der Waals surface area contributed by atoms with Crippen LogP contribution < -0.4 is 4.74 Å². The summed E-state index contributed by atoms with van der Waals surface area (Å²) in [7, 11) is -3.92. The van der Waals surface area contributed by atoms with Gasteiger partial charge in [0.15, 0.2) is 0 Å². The van der Waals surface area contributed by atoms with Crippen LogP contribution in [0.15, 0.2) is 29.2 Å². The number of hydrogen-bond donors (Lipinski definition) is 0. The second-order valence-electron chi connectivity index (χ2n) is 7.71. The molecule has 33 heavy (non-hydrogen) atoms. The lowest BCUT2D eigenvalue weighted by Crippen LogP contribution is -2.53. The van der Waals surface area contributed by atoms with Gasteiger partial charge in [0.05, 0.1) is 11.5 Å². The van der Waals surface area contributed by atoms with Crippen LogP contribution in [-0.4, -0.2) is 86.8 Å². The van der Waals surface area contributed by atoms with E-state index in [1.807, 2.05) is 0 Å². The Morgan fingerprint density at radius 2 is 1.55 bits per heavy atom. The molecule has 3 rings (SSSR count). The van der Waals surface area contributed by atoms with Crippen LogP contribution in [0, 0.1) is 5.92 Å². The minimum Gasteiger partial charge on any atom is -0.450 e. The number of piperazine rings is 1. The summed E-state index contributed by atoms with van der Waals surface area (Å²) in [5.41, 5.74) is 0. The molecule has 0 saturated carbocycles. The van der Waals surface area contributed by atoms with Crippen LogP contribution in [0.1, 0.15) is 19.8 Å². The Balaban J connectivity index is 1.53. The molecule has 0 bridgehead atoms. The molecule has 0 aliphatic carbocycles. The van der Waals surface area contributed by atoms with Gasteiger partial charge in [-0.25, -0.2) is 13.2 Å². The first-order valence-electron chi connectivity index (χ1n) is 10.6. The number of ether oxygens (including phenoxy) is 2. The molecule has 184 valence electrons. The third kappa shape index (κ3) is 6.28. The molecule has 2 aliphatic heterocycles. The smallest absolute Gasteiger partial charge is 0.450 e. The van der Waals surface area contributed by atoms with E-state index in [0.717, 1.165) is 24.3 Å². The third-order valence-corrected chi connectivity index (χ3v) is 7.53. The van der Waals surface area contributed by atoms with E-state index in [1.54, 1.807) is 16.7 Å². The molecule has 0 aromatic heterocycles. The first-order chi connectivity index (χ1) is 15.5. The zero-order valence-corrected chi connectivity index (χ0v) is 18.9. The van der Waals surface area contributed by atoms with Crippen molar-refractivity contribution in [3.8, 4) is 5.75 Å². The number of likely N-dealkylation sites (tertiary alicyclic amines) is 1. The number of carbonyl (C=O) groups excluding carboxylic acids is 2. The van der Waals surface area contributed by atoms with Gasteiger partial charge in [0.1, 0.15) is 5.75 Å². The van der Waals surface area contributed by atoms with Crippen LogP contribution in [0.5, 0.6) is 5.75 Å². The molecule has 1 aromatic rings. The third-order valence-electron chi connectivity index (χ3n) is 5.62. The van der Waals surface area contributed by atoms with Gasteiger partial charge in [0.2, 0.25) is 15.9 Å². The van der Waals surface area contributed by atoms with Crippen molar-refractivity contribution in [1.29, 1.82) is 0 Å². The molecule has 0 N–H and O–H groups in total. The van der Waals surface area contributed by atoms with Crippen molar-refractivity contribution in [2.24, 2.45) is 5.92 Å². The van der Waals surface area contributed by atoms with Crippen LogP contribution in [0.25, 0.3) is 0 Å². The molecule has 2 fully saturated rings. The lowest BCUT2D eigenvalue weighted by atomic mass is 9.95. The molecular weight excluding hydrogens is 467 g/mol. The zero-order valence-electron chi connectivity index (χ0n) is 18.1. The number of benzene rings is 1. The molecule has 2 saturated heterocycles. The predicted molar refractivity (Wildman–Crippen MR) is 110 cm³/mol. The second kappa shape index (κ2) is 10.2. The number of rotatable bonds is 5. The van der Waals surface area contributed by atoms with Gasteiger partial charge < -0.3 is 19.3 Å². The maximum Gasteiger partial charge on any atom is 0.573 e. The minimum absolute atomic E-state index is 0.0655. The Bertz CT molecular complexity index is 939. The van der Waals surface area contributed by atoms with Gasteiger partial charge in [-0.3, -0.25) is 4.79 Å². The van der Waals surface area contributed by atoms with E-state index in [4.69, 9.17) is 4.74 Å². The summed E-state index contributed by atoms with van der Waals surface area (Å²) in [6.07, 6.45) is -4.22. The predicted octanol–water partition coefficient (Wildman–Crippen LogP) is 2.29. The molecule has 1 aromatic carbocycles. The van der Waals surface area contributed by atoms with Crippen molar-refractivity contribution in [2.45, 2.75) is 31.0 Å². The standard InChI is InChI=1S/C20H26F3N3O6S/c1-2-31-19(28)25-9-7-15(8-10-25)18(27)24-11-13-26(14-12-24)33(29,30)17-5-3-16(4-6-17)32-20(21,22)23/h3-6,15H,2,7-14H2,1H3. The molecule has 2 aliphatic rings. The Morgan fingerprint density at radius 3 is 2.06 bits per heavy atom. The fraction of sp³-hybridized carbons (Fsp3) is 0.600. The summed E-state index contributed by atoms with van der Waals surface area (Å²) in [4.78, 5) is 27.7. The highest BCUT2D eigenvalue weighted by Gasteiger charge is 2.35. The lowest BCUT2D eigenvalue weighted by molar-refractivity contribution is -0.274. The van der Waals surface area contributed by atoms with E-state index in [2.05, 4.69) is 4.74 Å². The van der Waals surface area contributed by atoms with Gasteiger partial charge in [-0.15, -0.1) is 13.2 Å². The number of sulfonamides is 1. The number of carbonyl (C=O) groups is 2. The van der Waals surface area contributed by atoms with Gasteiger partial charge in [-0.05, 0) is 44.0 Å². The van der Waals surface area contributed by atoms with E-state index in [9.17, 15) is 31.2 Å². The summed E-state index contributed by atoms with van der Waals surface area (Å²) in [5.74, 6) is -0.810. The van der Waals surface area contributed by atoms with Gasteiger partial charge >= 0.3 is 12.5 Å². The number of nitrogens with zero attached hydrogens (tertiary/aromatic N) is 3. The average molecular weight is 494 g/mol. The quantitative estimate of drug-likeness (QED) is 0.625. The molecule has 0 unspecified atom stereocenters. The Labute approximate surface area is 190 Å². The van der Waals surface area contributed by atoms with Crippen LogP contribution >= 0.6 is 0 Å². The van der Waals surface area contributed by atoms with Crippen molar-refractivity contribution < 1.29 is 40.7 Å². The van der Waals surface area contributed by atoms with Gasteiger partial charge in [-0.2, -0.15) is 4.31 Å². The van der Waals surface area contributed by atoms with Gasteiger partial charge in [0, 0.05) is 45.2 Å². The highest BCUT2D eigenvalue weighted by atomic mass is 32.2. The first-order valence-corrected chi connectivity index (χ1v) is 12.0. The van der Waals surface area contributed by atoms with Crippen molar-refractivity contribution in [3.05, 3.63) is 24.3 Å². The van der Waals surface area contributed by atoms with Crippen LogP contribution in [0.2, 0.25) is 0 Å². The van der Waals surface area contributed by atoms with Gasteiger partial charge in [0.25, 0.3) is 0 Å². The Morgan fingerprint density at radius 1 is 0.970 bits per heavy atom. The fourth-order valence-electron chi connectivity index (χ4n) is 3.89. The molecule has 0 atom stereocenters. The lowest BCUT2D eigenvalue weighted by Gasteiger charge is -2.37. The van der Waals surface area contributed by atoms with E-state index in [-0.39, 0.29) is 55.6 Å². The summed E-state index contributed by atoms with van der Waals surface area (Å²) in [6, 6.07) is 4.02. The first kappa shape index (κ1) is 25.1. The number of halogens is 3. The number of piperidine rings is 1. The molecule has 9 nitrogen and oxygen atoms in total.